The Balaban J connectivity index is 2.15. The van der Waals surface area contributed by atoms with Crippen molar-refractivity contribution in [2.45, 2.75) is 0 Å². The van der Waals surface area contributed by atoms with Crippen molar-refractivity contribution >= 4 is 50.6 Å². The summed E-state index contributed by atoms with van der Waals surface area (Å²) < 4.78 is 21.2. The van der Waals surface area contributed by atoms with Gasteiger partial charge in [0.2, 0.25) is 0 Å². The van der Waals surface area contributed by atoms with Crippen LogP contribution >= 0.6 is 39.9 Å². The summed E-state index contributed by atoms with van der Waals surface area (Å²) in [6.07, 6.45) is 1.58. The fourth-order valence-corrected chi connectivity index (χ4v) is 2.11. The standard InChI is InChI=1S/C9H5BrFN3S2/c10-6-3-5(1-2-7(6)11)13-9(15)8-4-12-16-14-8/h1-4H,(H,13,15). The molecule has 0 saturated carbocycles. The largest absolute Gasteiger partial charge is 0.345 e. The minimum atomic E-state index is -0.313. The molecule has 0 aliphatic carbocycles. The highest BCUT2D eigenvalue weighted by Crippen LogP contribution is 2.20. The first-order chi connectivity index (χ1) is 7.66. The first-order valence-electron chi connectivity index (χ1n) is 4.21. The van der Waals surface area contributed by atoms with E-state index >= 15 is 0 Å². The predicted molar refractivity (Wildman–Crippen MR) is 69.3 cm³/mol. The van der Waals surface area contributed by atoms with Gasteiger partial charge in [-0.2, -0.15) is 8.75 Å². The minimum Gasteiger partial charge on any atom is -0.345 e. The van der Waals surface area contributed by atoms with Crippen molar-refractivity contribution in [3.05, 3.63) is 40.4 Å². The fraction of sp³-hybridized carbons (Fsp3) is 0. The van der Waals surface area contributed by atoms with E-state index in [1.165, 1.54) is 6.07 Å². The predicted octanol–water partition coefficient (Wildman–Crippen LogP) is 3.23. The van der Waals surface area contributed by atoms with E-state index in [-0.39, 0.29) is 5.82 Å². The molecule has 0 aliphatic heterocycles. The van der Waals surface area contributed by atoms with E-state index in [1.807, 2.05) is 0 Å². The van der Waals surface area contributed by atoms with Crippen molar-refractivity contribution in [1.29, 1.82) is 0 Å². The van der Waals surface area contributed by atoms with Crippen LogP contribution in [-0.2, 0) is 0 Å². The van der Waals surface area contributed by atoms with Gasteiger partial charge >= 0.3 is 0 Å². The molecule has 3 nitrogen and oxygen atoms in total. The summed E-state index contributed by atoms with van der Waals surface area (Å²) in [7, 11) is 0. The maximum Gasteiger partial charge on any atom is 0.137 e. The van der Waals surface area contributed by atoms with Crippen molar-refractivity contribution in [3.63, 3.8) is 0 Å². The minimum absolute atomic E-state index is 0.313. The second kappa shape index (κ2) is 4.94. The van der Waals surface area contributed by atoms with Gasteiger partial charge in [-0.05, 0) is 34.1 Å². The van der Waals surface area contributed by atoms with Gasteiger partial charge in [0.15, 0.2) is 0 Å². The Hall–Kier alpha value is -0.920. The fourth-order valence-electron chi connectivity index (χ4n) is 1.03. The van der Waals surface area contributed by atoms with Gasteiger partial charge in [-0.1, -0.05) is 12.2 Å². The molecule has 1 N–H and O–H groups in total. The van der Waals surface area contributed by atoms with E-state index in [0.717, 1.165) is 11.7 Å². The molecule has 0 bridgehead atoms. The smallest absolute Gasteiger partial charge is 0.137 e. The van der Waals surface area contributed by atoms with Crippen molar-refractivity contribution < 1.29 is 4.39 Å². The van der Waals surface area contributed by atoms with E-state index in [4.69, 9.17) is 12.2 Å². The van der Waals surface area contributed by atoms with E-state index in [9.17, 15) is 4.39 Å². The van der Waals surface area contributed by atoms with Gasteiger partial charge < -0.3 is 5.32 Å². The monoisotopic (exact) mass is 317 g/mol. The van der Waals surface area contributed by atoms with E-state index in [0.29, 0.717) is 20.8 Å². The zero-order valence-electron chi connectivity index (χ0n) is 7.78. The molecule has 16 heavy (non-hydrogen) atoms. The molecule has 7 heteroatoms. The average Bonchev–Trinajstić information content (AvgIpc) is 2.77. The third-order valence-electron chi connectivity index (χ3n) is 1.77. The lowest BCUT2D eigenvalue weighted by atomic mass is 10.3. The average molecular weight is 318 g/mol. The molecule has 2 aromatic rings. The Kier molecular flexibility index (Phi) is 3.57. The summed E-state index contributed by atoms with van der Waals surface area (Å²) in [6.45, 7) is 0. The molecule has 0 spiro atoms. The molecule has 0 amide bonds. The summed E-state index contributed by atoms with van der Waals surface area (Å²) in [4.78, 5) is 0.465. The second-order valence-corrected chi connectivity index (χ2v) is 4.69. The van der Waals surface area contributed by atoms with E-state index < -0.39 is 0 Å². The van der Waals surface area contributed by atoms with Crippen LogP contribution < -0.4 is 5.32 Å². The second-order valence-electron chi connectivity index (χ2n) is 2.88. The van der Waals surface area contributed by atoms with Crippen molar-refractivity contribution in [2.24, 2.45) is 0 Å². The molecule has 0 radical (unpaired) electrons. The van der Waals surface area contributed by atoms with Gasteiger partial charge in [-0.15, -0.1) is 0 Å². The number of aromatic nitrogens is 2. The van der Waals surface area contributed by atoms with Gasteiger partial charge in [-0.3, -0.25) is 0 Å². The third kappa shape index (κ3) is 2.60. The number of anilines is 1. The number of thiocarbonyl (C=S) groups is 1. The van der Waals surface area contributed by atoms with E-state index in [1.54, 1.807) is 18.3 Å². The van der Waals surface area contributed by atoms with Crippen LogP contribution in [0, 0.1) is 5.82 Å². The van der Waals surface area contributed by atoms with Crippen molar-refractivity contribution in [2.75, 3.05) is 5.32 Å². The number of halogens is 2. The highest BCUT2D eigenvalue weighted by atomic mass is 79.9. The van der Waals surface area contributed by atoms with Crippen molar-refractivity contribution in [3.8, 4) is 0 Å². The molecule has 1 heterocycles. The molecular weight excluding hydrogens is 313 g/mol. The molecule has 0 atom stereocenters. The Bertz CT molecular complexity index is 515. The first kappa shape index (κ1) is 11.6. The van der Waals surface area contributed by atoms with Crippen LogP contribution in [-0.4, -0.2) is 13.7 Å². The van der Waals surface area contributed by atoms with Crippen molar-refractivity contribution in [1.82, 2.24) is 8.75 Å². The molecule has 0 fully saturated rings. The summed E-state index contributed by atoms with van der Waals surface area (Å²) in [5, 5.41) is 2.95. The molecule has 2 rings (SSSR count). The lowest BCUT2D eigenvalue weighted by molar-refractivity contribution is 0.621. The van der Waals surface area contributed by atoms with Gasteiger partial charge in [0.25, 0.3) is 0 Å². The summed E-state index contributed by atoms with van der Waals surface area (Å²) in [6, 6.07) is 4.57. The Morgan fingerprint density at radius 2 is 2.31 bits per heavy atom. The topological polar surface area (TPSA) is 37.8 Å². The molecule has 82 valence electrons. The van der Waals surface area contributed by atoms with Gasteiger partial charge in [0.05, 0.1) is 22.4 Å². The van der Waals surface area contributed by atoms with Crippen LogP contribution in [0.15, 0.2) is 28.9 Å². The zero-order chi connectivity index (χ0) is 11.5. The lowest BCUT2D eigenvalue weighted by Gasteiger charge is -2.05. The SMILES string of the molecule is Fc1ccc(NC(=S)c2cnsn2)cc1Br. The number of benzene rings is 1. The summed E-state index contributed by atoms with van der Waals surface area (Å²) in [5.74, 6) is -0.313. The quantitative estimate of drug-likeness (QED) is 0.863. The summed E-state index contributed by atoms with van der Waals surface area (Å²) in [5.41, 5.74) is 1.31. The van der Waals surface area contributed by atoms with Crippen LogP contribution in [0.5, 0.6) is 0 Å². The summed E-state index contributed by atoms with van der Waals surface area (Å²) >= 11 is 9.30. The normalized spacial score (nSPS) is 10.1. The number of nitrogens with zero attached hydrogens (tertiary/aromatic N) is 2. The zero-order valence-corrected chi connectivity index (χ0v) is 11.0. The van der Waals surface area contributed by atoms with Gasteiger partial charge in [-0.25, -0.2) is 4.39 Å². The van der Waals surface area contributed by atoms with E-state index in [2.05, 4.69) is 30.0 Å². The number of rotatable bonds is 2. The van der Waals surface area contributed by atoms with Crippen LogP contribution in [0.3, 0.4) is 0 Å². The molecule has 0 unspecified atom stereocenters. The molecule has 0 aliphatic rings. The molecule has 0 saturated heterocycles. The van der Waals surface area contributed by atoms with Crippen LogP contribution in [0.2, 0.25) is 0 Å². The number of nitrogens with one attached hydrogen (secondary N) is 1. The Labute approximate surface area is 109 Å². The Morgan fingerprint density at radius 1 is 1.50 bits per heavy atom. The Morgan fingerprint density at radius 3 is 2.94 bits per heavy atom. The van der Waals surface area contributed by atoms with Crippen LogP contribution in [0.1, 0.15) is 5.69 Å². The third-order valence-corrected chi connectivity index (χ3v) is 3.17. The molecule has 1 aromatic heterocycles. The maximum absolute atomic E-state index is 13.0. The van der Waals surface area contributed by atoms with Crippen LogP contribution in [0.25, 0.3) is 0 Å². The molecule has 1 aromatic carbocycles. The highest BCUT2D eigenvalue weighted by Gasteiger charge is 2.06. The number of hydrogen-bond donors (Lipinski definition) is 1. The highest BCUT2D eigenvalue weighted by molar-refractivity contribution is 9.10. The number of hydrogen-bond acceptors (Lipinski definition) is 4. The first-order valence-corrected chi connectivity index (χ1v) is 6.14. The van der Waals surface area contributed by atoms with Gasteiger partial charge in [0, 0.05) is 5.69 Å². The molecular formula is C9H5BrFN3S2. The lowest BCUT2D eigenvalue weighted by Crippen LogP contribution is -2.10. The maximum atomic E-state index is 13.0. The van der Waals surface area contributed by atoms with Gasteiger partial charge in [0.1, 0.15) is 16.5 Å². The van der Waals surface area contributed by atoms with Crippen LogP contribution in [0.4, 0.5) is 10.1 Å².